The zero-order chi connectivity index (χ0) is 8.72. The normalized spacial score (nSPS) is 10.9. The molecule has 0 aliphatic heterocycles. The molecule has 1 heterocycles. The Bertz CT molecular complexity index is 438. The maximum absolute atomic E-state index is 13.2. The van der Waals surface area contributed by atoms with E-state index in [2.05, 4.69) is 17.6 Å². The summed E-state index contributed by atoms with van der Waals surface area (Å²) in [5, 5.41) is 0.873. The highest BCUT2D eigenvalue weighted by Gasteiger charge is 2.08. The van der Waals surface area contributed by atoms with Gasteiger partial charge in [0.15, 0.2) is 5.82 Å². The van der Waals surface area contributed by atoms with E-state index in [-0.39, 0.29) is 5.02 Å². The number of halogens is 2. The lowest BCUT2D eigenvalue weighted by Gasteiger charge is -1.95. The highest BCUT2D eigenvalue weighted by atomic mass is 35.5. The van der Waals surface area contributed by atoms with E-state index in [1.54, 1.807) is 12.3 Å². The summed E-state index contributed by atoms with van der Waals surface area (Å²) in [5.74, 6) is -0.422. The molecule has 2 aromatic rings. The van der Waals surface area contributed by atoms with Crippen LogP contribution in [0.4, 0.5) is 4.39 Å². The lowest BCUT2D eigenvalue weighted by atomic mass is 10.2. The first-order valence-corrected chi connectivity index (χ1v) is 4.16. The molecule has 1 aromatic heterocycles. The van der Waals surface area contributed by atoms with Crippen molar-refractivity contribution in [1.82, 2.24) is 4.98 Å². The van der Waals surface area contributed by atoms with Gasteiger partial charge in [-0.05, 0) is 6.07 Å². The Kier molecular flexibility index (Phi) is 1.77. The van der Waals surface area contributed by atoms with Gasteiger partial charge in [0.2, 0.25) is 0 Å². The van der Waals surface area contributed by atoms with E-state index in [0.717, 1.165) is 10.3 Å². The van der Waals surface area contributed by atoms with Crippen molar-refractivity contribution in [3.63, 3.8) is 0 Å². The van der Waals surface area contributed by atoms with Crippen LogP contribution in [0.15, 0.2) is 23.2 Å². The van der Waals surface area contributed by atoms with Crippen molar-refractivity contribution < 1.29 is 4.39 Å². The van der Waals surface area contributed by atoms with Crippen LogP contribution in [-0.2, 0) is 0 Å². The predicted octanol–water partition coefficient (Wildman–Crippen LogP) is 3.25. The van der Waals surface area contributed by atoms with Gasteiger partial charge in [0.25, 0.3) is 0 Å². The molecule has 0 unspecified atom stereocenters. The van der Waals surface area contributed by atoms with Crippen LogP contribution < -0.4 is 0 Å². The number of hydrogen-bond donors (Lipinski definition) is 2. The SMILES string of the molecule is Fc1c(Cl)ccc2c(S)c[nH]c12. The number of aromatic amines is 1. The maximum atomic E-state index is 13.2. The van der Waals surface area contributed by atoms with Gasteiger partial charge >= 0.3 is 0 Å². The number of fused-ring (bicyclic) bond motifs is 1. The van der Waals surface area contributed by atoms with Crippen LogP contribution in [0.5, 0.6) is 0 Å². The molecular formula is C8H5ClFNS. The standard InChI is InChI=1S/C8H5ClFNS/c9-5-2-1-4-6(12)3-11-8(4)7(5)10/h1-3,11-12H. The Hall–Kier alpha value is -0.670. The number of benzene rings is 1. The number of rotatable bonds is 0. The average Bonchev–Trinajstić information content (AvgIpc) is 2.41. The number of thiol groups is 1. The molecule has 0 bridgehead atoms. The molecule has 0 radical (unpaired) electrons. The number of H-pyrrole nitrogens is 1. The third-order valence-electron chi connectivity index (χ3n) is 1.72. The Labute approximate surface area is 78.9 Å². The Morgan fingerprint density at radius 3 is 2.92 bits per heavy atom. The molecule has 62 valence electrons. The first kappa shape index (κ1) is 7.95. The monoisotopic (exact) mass is 201 g/mol. The minimum atomic E-state index is -0.422. The predicted molar refractivity (Wildman–Crippen MR) is 50.5 cm³/mol. The molecule has 2 rings (SSSR count). The number of nitrogens with one attached hydrogen (secondary N) is 1. The summed E-state index contributed by atoms with van der Waals surface area (Å²) in [7, 11) is 0. The lowest BCUT2D eigenvalue weighted by molar-refractivity contribution is 0.638. The first-order valence-electron chi connectivity index (χ1n) is 3.34. The smallest absolute Gasteiger partial charge is 0.165 e. The van der Waals surface area contributed by atoms with Crippen molar-refractivity contribution in [3.8, 4) is 0 Å². The van der Waals surface area contributed by atoms with Crippen LogP contribution in [0.25, 0.3) is 10.9 Å². The van der Waals surface area contributed by atoms with Crippen molar-refractivity contribution in [2.24, 2.45) is 0 Å². The molecule has 0 aliphatic rings. The van der Waals surface area contributed by atoms with Gasteiger partial charge in [0, 0.05) is 16.5 Å². The molecule has 0 atom stereocenters. The molecular weight excluding hydrogens is 197 g/mol. The number of hydrogen-bond acceptors (Lipinski definition) is 1. The summed E-state index contributed by atoms with van der Waals surface area (Å²) in [6, 6.07) is 3.26. The Morgan fingerprint density at radius 2 is 2.17 bits per heavy atom. The van der Waals surface area contributed by atoms with Crippen molar-refractivity contribution in [3.05, 3.63) is 29.2 Å². The van der Waals surface area contributed by atoms with Gasteiger partial charge in [-0.25, -0.2) is 4.39 Å². The molecule has 0 fully saturated rings. The zero-order valence-corrected chi connectivity index (χ0v) is 7.59. The van der Waals surface area contributed by atoms with Gasteiger partial charge in [-0.1, -0.05) is 17.7 Å². The van der Waals surface area contributed by atoms with Crippen molar-refractivity contribution >= 4 is 35.1 Å². The minimum Gasteiger partial charge on any atom is -0.358 e. The van der Waals surface area contributed by atoms with E-state index in [0.29, 0.717) is 5.52 Å². The van der Waals surface area contributed by atoms with E-state index in [1.165, 1.54) is 6.07 Å². The summed E-state index contributed by atoms with van der Waals surface area (Å²) >= 11 is 9.72. The third-order valence-corrected chi connectivity index (χ3v) is 2.39. The third kappa shape index (κ3) is 1.01. The Morgan fingerprint density at radius 1 is 1.42 bits per heavy atom. The van der Waals surface area contributed by atoms with Gasteiger partial charge < -0.3 is 4.98 Å². The van der Waals surface area contributed by atoms with Crippen LogP contribution in [0.3, 0.4) is 0 Å². The fraction of sp³-hybridized carbons (Fsp3) is 0. The average molecular weight is 202 g/mol. The van der Waals surface area contributed by atoms with Gasteiger partial charge in [-0.2, -0.15) is 0 Å². The first-order chi connectivity index (χ1) is 5.70. The van der Waals surface area contributed by atoms with E-state index in [1.807, 2.05) is 0 Å². The van der Waals surface area contributed by atoms with Crippen LogP contribution in [-0.4, -0.2) is 4.98 Å². The maximum Gasteiger partial charge on any atom is 0.165 e. The molecule has 1 aromatic carbocycles. The number of aromatic nitrogens is 1. The second kappa shape index (κ2) is 2.68. The van der Waals surface area contributed by atoms with E-state index in [9.17, 15) is 4.39 Å². The van der Waals surface area contributed by atoms with Gasteiger partial charge in [-0.3, -0.25) is 0 Å². The summed E-state index contributed by atoms with van der Waals surface area (Å²) in [5.41, 5.74) is 0.410. The molecule has 1 nitrogen and oxygen atoms in total. The molecule has 0 spiro atoms. The second-order valence-corrected chi connectivity index (χ2v) is 3.35. The van der Waals surface area contributed by atoms with Crippen LogP contribution >= 0.6 is 24.2 Å². The van der Waals surface area contributed by atoms with Gasteiger partial charge in [0.1, 0.15) is 0 Å². The molecule has 0 amide bonds. The van der Waals surface area contributed by atoms with Crippen LogP contribution in [0.2, 0.25) is 5.02 Å². The summed E-state index contributed by atoms with van der Waals surface area (Å²) in [4.78, 5) is 3.48. The molecule has 12 heavy (non-hydrogen) atoms. The van der Waals surface area contributed by atoms with E-state index < -0.39 is 5.82 Å². The van der Waals surface area contributed by atoms with Gasteiger partial charge in [-0.15, -0.1) is 12.6 Å². The fourth-order valence-electron chi connectivity index (χ4n) is 1.12. The quantitative estimate of drug-likeness (QED) is 0.609. The second-order valence-electron chi connectivity index (χ2n) is 2.46. The van der Waals surface area contributed by atoms with Crippen molar-refractivity contribution in [2.45, 2.75) is 4.90 Å². The molecule has 0 saturated heterocycles. The fourth-order valence-corrected chi connectivity index (χ4v) is 1.53. The summed E-state index contributed by atoms with van der Waals surface area (Å²) in [6.45, 7) is 0. The highest BCUT2D eigenvalue weighted by Crippen LogP contribution is 2.27. The largest absolute Gasteiger partial charge is 0.358 e. The molecule has 0 aliphatic carbocycles. The topological polar surface area (TPSA) is 15.8 Å². The van der Waals surface area contributed by atoms with Crippen LogP contribution in [0.1, 0.15) is 0 Å². The lowest BCUT2D eigenvalue weighted by Crippen LogP contribution is -1.78. The van der Waals surface area contributed by atoms with Crippen LogP contribution in [0, 0.1) is 5.82 Å². The highest BCUT2D eigenvalue weighted by molar-refractivity contribution is 7.80. The minimum absolute atomic E-state index is 0.123. The Balaban J connectivity index is 2.93. The summed E-state index contributed by atoms with van der Waals surface area (Å²) < 4.78 is 13.2. The molecule has 1 N–H and O–H groups in total. The molecule has 0 saturated carbocycles. The summed E-state index contributed by atoms with van der Waals surface area (Å²) in [6.07, 6.45) is 1.63. The van der Waals surface area contributed by atoms with Crippen molar-refractivity contribution in [1.29, 1.82) is 0 Å². The van der Waals surface area contributed by atoms with Gasteiger partial charge in [0.05, 0.1) is 10.5 Å². The van der Waals surface area contributed by atoms with Crippen molar-refractivity contribution in [2.75, 3.05) is 0 Å². The zero-order valence-electron chi connectivity index (χ0n) is 5.94. The van der Waals surface area contributed by atoms with E-state index in [4.69, 9.17) is 11.6 Å². The molecule has 4 heteroatoms. The van der Waals surface area contributed by atoms with E-state index >= 15 is 0 Å².